The van der Waals surface area contributed by atoms with Gasteiger partial charge in [-0.15, -0.1) is 0 Å². The summed E-state index contributed by atoms with van der Waals surface area (Å²) < 4.78 is 67.9. The normalized spacial score (nSPS) is 11.0. The highest BCUT2D eigenvalue weighted by molar-refractivity contribution is 7.87. The first kappa shape index (κ1) is 19.4. The molecule has 0 spiro atoms. The van der Waals surface area contributed by atoms with Crippen LogP contribution in [0.25, 0.3) is 4.98 Å². The maximum absolute atomic E-state index is 12.0. The monoisotopic (exact) mass is 362 g/mol. The van der Waals surface area contributed by atoms with Crippen LogP contribution in [0.5, 0.6) is 5.75 Å². The molecule has 0 amide bonds. The molecule has 24 heavy (non-hydrogen) atoms. The second kappa shape index (κ2) is 7.78. The van der Waals surface area contributed by atoms with Gasteiger partial charge in [0.25, 0.3) is 0 Å². The Bertz CT molecular complexity index is 810. The molecule has 0 aliphatic carbocycles. The molecule has 0 fully saturated rings. The van der Waals surface area contributed by atoms with Crippen molar-refractivity contribution in [2.24, 2.45) is 0 Å². The average molecular weight is 362 g/mol. The van der Waals surface area contributed by atoms with E-state index in [9.17, 15) is 25.7 Å². The minimum absolute atomic E-state index is 0.0917. The molecule has 11 heteroatoms. The Morgan fingerprint density at radius 3 is 1.83 bits per heavy atom. The molecule has 0 atom stereocenters. The fourth-order valence-corrected chi connectivity index (χ4v) is 2.38. The van der Waals surface area contributed by atoms with E-state index in [0.717, 1.165) is 5.56 Å². The topological polar surface area (TPSA) is 71.5 Å². The molecule has 0 heterocycles. The van der Waals surface area contributed by atoms with Crippen molar-refractivity contribution in [3.8, 4) is 5.75 Å². The molecule has 0 radical (unpaired) electrons. The van der Waals surface area contributed by atoms with E-state index in [2.05, 4.69) is 4.98 Å². The van der Waals surface area contributed by atoms with Crippen LogP contribution in [0.1, 0.15) is 5.56 Å². The lowest BCUT2D eigenvalue weighted by Gasteiger charge is -2.06. The maximum atomic E-state index is 12.0. The van der Waals surface area contributed by atoms with Gasteiger partial charge in [-0.3, -0.25) is 0 Å². The van der Waals surface area contributed by atoms with Crippen molar-refractivity contribution in [2.45, 2.75) is 11.8 Å². The Kier molecular flexibility index (Phi) is 6.31. The van der Waals surface area contributed by atoms with Crippen molar-refractivity contribution in [3.05, 3.63) is 59.1 Å². The molecular formula is C13H11BF4N2O3S. The van der Waals surface area contributed by atoms with Crippen LogP contribution in [0.2, 0.25) is 0 Å². The second-order valence-electron chi connectivity index (χ2n) is 4.44. The van der Waals surface area contributed by atoms with Gasteiger partial charge in [-0.1, -0.05) is 17.7 Å². The molecule has 5 nitrogen and oxygen atoms in total. The third-order valence-electron chi connectivity index (χ3n) is 2.47. The molecule has 0 N–H and O–H groups in total. The van der Waals surface area contributed by atoms with E-state index in [1.807, 2.05) is 6.92 Å². The highest BCUT2D eigenvalue weighted by Gasteiger charge is 2.20. The smallest absolute Gasteiger partial charge is 0.418 e. The van der Waals surface area contributed by atoms with Gasteiger partial charge >= 0.3 is 23.1 Å². The molecule has 0 aliphatic rings. The second-order valence-corrected chi connectivity index (χ2v) is 5.99. The zero-order chi connectivity index (χ0) is 18.4. The van der Waals surface area contributed by atoms with E-state index in [1.54, 1.807) is 12.1 Å². The summed E-state index contributed by atoms with van der Waals surface area (Å²) in [6.45, 7) is 1.87. The largest absolute Gasteiger partial charge is 0.673 e. The zero-order valence-corrected chi connectivity index (χ0v) is 13.1. The predicted molar refractivity (Wildman–Crippen MR) is 80.4 cm³/mol. The molecule has 2 aromatic rings. The fourth-order valence-electron chi connectivity index (χ4n) is 1.45. The van der Waals surface area contributed by atoms with Crippen molar-refractivity contribution in [3.63, 3.8) is 0 Å². The van der Waals surface area contributed by atoms with Gasteiger partial charge in [-0.2, -0.15) is 8.42 Å². The van der Waals surface area contributed by atoms with Gasteiger partial charge < -0.3 is 21.4 Å². The first-order valence-corrected chi connectivity index (χ1v) is 7.76. The van der Waals surface area contributed by atoms with E-state index in [1.165, 1.54) is 36.4 Å². The van der Waals surface area contributed by atoms with Gasteiger partial charge in [0, 0.05) is 12.1 Å². The van der Waals surface area contributed by atoms with Crippen molar-refractivity contribution >= 4 is 23.1 Å². The Balaban J connectivity index is 0.000000505. The van der Waals surface area contributed by atoms with Gasteiger partial charge in [0.2, 0.25) is 5.39 Å². The van der Waals surface area contributed by atoms with Crippen molar-refractivity contribution in [1.82, 2.24) is 0 Å². The predicted octanol–water partition coefficient (Wildman–Crippen LogP) is 4.55. The lowest BCUT2D eigenvalue weighted by molar-refractivity contribution is 0.368. The molecule has 0 bridgehead atoms. The molecule has 0 aromatic heterocycles. The van der Waals surface area contributed by atoms with E-state index >= 15 is 0 Å². The minimum Gasteiger partial charge on any atom is -0.418 e. The summed E-state index contributed by atoms with van der Waals surface area (Å²) in [5.41, 5.74) is 1.29. The summed E-state index contributed by atoms with van der Waals surface area (Å²) in [5.74, 6) is 0.160. The molecule has 0 unspecified atom stereocenters. The Hall–Kier alpha value is -2.61. The Morgan fingerprint density at radius 1 is 0.958 bits per heavy atom. The number of rotatable bonds is 3. The SMILES string of the molecule is Cc1ccc(S(=O)(=O)Oc2ccc([N+]#N)cc2)cc1.F[B-](F)(F)F. The first-order chi connectivity index (χ1) is 11.0. The molecule has 2 rings (SSSR count). The van der Waals surface area contributed by atoms with E-state index in [0.29, 0.717) is 5.69 Å². The highest BCUT2D eigenvalue weighted by Crippen LogP contribution is 2.22. The molecule has 0 saturated carbocycles. The average Bonchev–Trinajstić information content (AvgIpc) is 2.46. The zero-order valence-electron chi connectivity index (χ0n) is 12.2. The first-order valence-electron chi connectivity index (χ1n) is 6.35. The molecule has 2 aromatic carbocycles. The molecule has 0 saturated heterocycles. The third kappa shape index (κ3) is 7.10. The lowest BCUT2D eigenvalue weighted by Crippen LogP contribution is -2.09. The minimum atomic E-state index is -6.00. The number of hydrogen-bond acceptors (Lipinski definition) is 4. The Morgan fingerprint density at radius 2 is 1.42 bits per heavy atom. The molecule has 128 valence electrons. The lowest BCUT2D eigenvalue weighted by atomic mass is 10.2. The van der Waals surface area contributed by atoms with Crippen LogP contribution in [0.4, 0.5) is 23.0 Å². The summed E-state index contributed by atoms with van der Waals surface area (Å²) in [6.07, 6.45) is 0. The number of diazo groups is 1. The Labute approximate surface area is 135 Å². The summed E-state index contributed by atoms with van der Waals surface area (Å²) >= 11 is 0. The van der Waals surface area contributed by atoms with Crippen LogP contribution in [0.15, 0.2) is 53.4 Å². The summed E-state index contributed by atoms with van der Waals surface area (Å²) in [7, 11) is -9.84. The van der Waals surface area contributed by atoms with Crippen LogP contribution >= 0.6 is 0 Å². The van der Waals surface area contributed by atoms with Crippen molar-refractivity contribution in [1.29, 1.82) is 5.39 Å². The van der Waals surface area contributed by atoms with Gasteiger partial charge in [0.05, 0.1) is 0 Å². The standard InChI is InChI=1S/C13H11N2O3S.BF4/c1-10-2-8-13(9-3-10)19(16,17)18-12-6-4-11(15-14)5-7-12;2-1(3,4)5/h2-9H,1H3;/q+1;-1. The van der Waals surface area contributed by atoms with Gasteiger partial charge in [-0.05, 0) is 31.2 Å². The quantitative estimate of drug-likeness (QED) is 0.348. The number of nitrogens with zero attached hydrogens (tertiary/aromatic N) is 2. The van der Waals surface area contributed by atoms with Gasteiger partial charge in [-0.25, -0.2) is 0 Å². The van der Waals surface area contributed by atoms with E-state index in [-0.39, 0.29) is 10.6 Å². The van der Waals surface area contributed by atoms with Crippen molar-refractivity contribution in [2.75, 3.05) is 0 Å². The number of hydrogen-bond donors (Lipinski definition) is 0. The summed E-state index contributed by atoms with van der Waals surface area (Å²) in [4.78, 5) is 3.06. The molecular weight excluding hydrogens is 351 g/mol. The third-order valence-corrected chi connectivity index (χ3v) is 3.73. The van der Waals surface area contributed by atoms with Crippen LogP contribution in [-0.4, -0.2) is 15.7 Å². The van der Waals surface area contributed by atoms with Crippen LogP contribution in [0.3, 0.4) is 0 Å². The van der Waals surface area contributed by atoms with Crippen molar-refractivity contribution < 1.29 is 29.9 Å². The number of halogens is 4. The highest BCUT2D eigenvalue weighted by atomic mass is 32.2. The van der Waals surface area contributed by atoms with Gasteiger partial charge in [0.15, 0.2) is 4.98 Å². The summed E-state index contributed by atoms with van der Waals surface area (Å²) in [6, 6.07) is 12.1. The maximum Gasteiger partial charge on any atom is 0.673 e. The number of benzene rings is 2. The molecule has 0 aliphatic heterocycles. The van der Waals surface area contributed by atoms with Crippen LogP contribution < -0.4 is 4.18 Å². The van der Waals surface area contributed by atoms with Crippen LogP contribution in [0, 0.1) is 12.3 Å². The fraction of sp³-hybridized carbons (Fsp3) is 0.0769. The summed E-state index contributed by atoms with van der Waals surface area (Å²) in [5, 5.41) is 8.53. The van der Waals surface area contributed by atoms with Gasteiger partial charge in [0.1, 0.15) is 10.6 Å². The van der Waals surface area contributed by atoms with Crippen LogP contribution in [-0.2, 0) is 10.1 Å². The van der Waals surface area contributed by atoms with E-state index < -0.39 is 17.4 Å². The van der Waals surface area contributed by atoms with E-state index in [4.69, 9.17) is 9.58 Å². The number of aryl methyl sites for hydroxylation is 1.